The van der Waals surface area contributed by atoms with E-state index in [0.29, 0.717) is 6.54 Å². The molecule has 1 rings (SSSR count). The first-order valence-corrected chi connectivity index (χ1v) is 5.01. The highest BCUT2D eigenvalue weighted by molar-refractivity contribution is 5.76. The molecular formula is C11H17NO4. The topological polar surface area (TPSA) is 73.9 Å². The van der Waals surface area contributed by atoms with Gasteiger partial charge in [0, 0.05) is 6.54 Å². The van der Waals surface area contributed by atoms with Gasteiger partial charge in [-0.2, -0.15) is 0 Å². The number of aryl methyl sites for hydroxylation is 1. The quantitative estimate of drug-likeness (QED) is 0.780. The second-order valence-electron chi connectivity index (χ2n) is 4.26. The first-order chi connectivity index (χ1) is 7.31. The van der Waals surface area contributed by atoms with Crippen molar-refractivity contribution in [1.29, 1.82) is 0 Å². The second-order valence-corrected chi connectivity index (χ2v) is 4.26. The molecule has 0 spiro atoms. The van der Waals surface area contributed by atoms with Crippen LogP contribution < -0.4 is 0 Å². The molecule has 16 heavy (non-hydrogen) atoms. The SMILES string of the molecule is Cc1ccc(CN(C)CC(C)(O)C(=O)O)o1. The minimum absolute atomic E-state index is 0.0437. The van der Waals surface area contributed by atoms with Gasteiger partial charge in [-0.3, -0.25) is 4.90 Å². The van der Waals surface area contributed by atoms with Crippen LogP contribution in [0.1, 0.15) is 18.4 Å². The summed E-state index contributed by atoms with van der Waals surface area (Å²) in [5.41, 5.74) is -1.74. The number of nitrogens with zero attached hydrogens (tertiary/aromatic N) is 1. The van der Waals surface area contributed by atoms with Crippen molar-refractivity contribution in [1.82, 2.24) is 4.90 Å². The van der Waals surface area contributed by atoms with Crippen LogP contribution >= 0.6 is 0 Å². The van der Waals surface area contributed by atoms with Gasteiger partial charge < -0.3 is 14.6 Å². The largest absolute Gasteiger partial charge is 0.479 e. The lowest BCUT2D eigenvalue weighted by atomic mass is 10.1. The average molecular weight is 227 g/mol. The Morgan fingerprint density at radius 1 is 1.56 bits per heavy atom. The molecule has 5 nitrogen and oxygen atoms in total. The predicted molar refractivity (Wildman–Crippen MR) is 58.0 cm³/mol. The van der Waals surface area contributed by atoms with Crippen LogP contribution in [0.25, 0.3) is 0 Å². The average Bonchev–Trinajstić information content (AvgIpc) is 2.49. The molecule has 0 bridgehead atoms. The number of carbonyl (C=O) groups is 1. The number of carboxylic acid groups (broad SMARTS) is 1. The fourth-order valence-corrected chi connectivity index (χ4v) is 1.49. The third-order valence-electron chi connectivity index (χ3n) is 2.26. The van der Waals surface area contributed by atoms with Crippen LogP contribution in [0, 0.1) is 6.92 Å². The lowest BCUT2D eigenvalue weighted by Crippen LogP contribution is -2.45. The lowest BCUT2D eigenvalue weighted by Gasteiger charge is -2.24. The highest BCUT2D eigenvalue weighted by Gasteiger charge is 2.31. The molecule has 0 radical (unpaired) electrons. The number of hydrogen-bond acceptors (Lipinski definition) is 4. The van der Waals surface area contributed by atoms with E-state index < -0.39 is 11.6 Å². The molecule has 1 aromatic heterocycles. The summed E-state index contributed by atoms with van der Waals surface area (Å²) in [5, 5.41) is 18.3. The number of likely N-dealkylation sites (N-methyl/N-ethyl adjacent to an activating group) is 1. The Labute approximate surface area is 94.3 Å². The number of rotatable bonds is 5. The molecule has 0 aliphatic rings. The van der Waals surface area contributed by atoms with E-state index in [0.717, 1.165) is 11.5 Å². The number of hydrogen-bond donors (Lipinski definition) is 2. The Bertz CT molecular complexity index is 370. The van der Waals surface area contributed by atoms with E-state index >= 15 is 0 Å². The molecule has 90 valence electrons. The van der Waals surface area contributed by atoms with Crippen LogP contribution in [0.4, 0.5) is 0 Å². The fourth-order valence-electron chi connectivity index (χ4n) is 1.49. The van der Waals surface area contributed by atoms with Crippen molar-refractivity contribution in [2.24, 2.45) is 0 Å². The van der Waals surface area contributed by atoms with Crippen molar-refractivity contribution >= 4 is 5.97 Å². The summed E-state index contributed by atoms with van der Waals surface area (Å²) in [4.78, 5) is 12.4. The van der Waals surface area contributed by atoms with Crippen molar-refractivity contribution in [3.05, 3.63) is 23.7 Å². The summed E-state index contributed by atoms with van der Waals surface area (Å²) in [6.07, 6.45) is 0. The van der Waals surface area contributed by atoms with E-state index in [1.165, 1.54) is 6.92 Å². The van der Waals surface area contributed by atoms with Gasteiger partial charge in [-0.25, -0.2) is 4.79 Å². The summed E-state index contributed by atoms with van der Waals surface area (Å²) >= 11 is 0. The first-order valence-electron chi connectivity index (χ1n) is 5.01. The minimum Gasteiger partial charge on any atom is -0.479 e. The van der Waals surface area contributed by atoms with E-state index in [9.17, 15) is 9.90 Å². The Kier molecular flexibility index (Phi) is 3.72. The summed E-state index contributed by atoms with van der Waals surface area (Å²) < 4.78 is 5.36. The number of furan rings is 1. The van der Waals surface area contributed by atoms with E-state index in [2.05, 4.69) is 0 Å². The monoisotopic (exact) mass is 227 g/mol. The third-order valence-corrected chi connectivity index (χ3v) is 2.26. The van der Waals surface area contributed by atoms with Gasteiger partial charge in [-0.05, 0) is 33.0 Å². The highest BCUT2D eigenvalue weighted by atomic mass is 16.4. The molecule has 0 aliphatic carbocycles. The molecule has 0 fully saturated rings. The van der Waals surface area contributed by atoms with E-state index in [1.54, 1.807) is 11.9 Å². The molecule has 0 saturated carbocycles. The van der Waals surface area contributed by atoms with Crippen LogP contribution in [0.3, 0.4) is 0 Å². The number of aliphatic hydroxyl groups is 1. The summed E-state index contributed by atoms with van der Waals surface area (Å²) in [7, 11) is 1.73. The third kappa shape index (κ3) is 3.36. The van der Waals surface area contributed by atoms with Crippen LogP contribution in [0.2, 0.25) is 0 Å². The molecule has 5 heteroatoms. The fraction of sp³-hybridized carbons (Fsp3) is 0.545. The molecule has 1 unspecified atom stereocenters. The van der Waals surface area contributed by atoms with Gasteiger partial charge in [0.05, 0.1) is 6.54 Å². The Morgan fingerprint density at radius 2 is 2.19 bits per heavy atom. The van der Waals surface area contributed by atoms with Gasteiger partial charge in [-0.1, -0.05) is 0 Å². The molecule has 1 heterocycles. The molecule has 1 atom stereocenters. The second kappa shape index (κ2) is 4.67. The Hall–Kier alpha value is -1.33. The van der Waals surface area contributed by atoms with E-state index in [4.69, 9.17) is 9.52 Å². The predicted octanol–water partition coefficient (Wildman–Crippen LogP) is 0.855. The zero-order valence-electron chi connectivity index (χ0n) is 9.73. The molecular weight excluding hydrogens is 210 g/mol. The van der Waals surface area contributed by atoms with Crippen molar-refractivity contribution in [2.75, 3.05) is 13.6 Å². The summed E-state index contributed by atoms with van der Waals surface area (Å²) in [6.45, 7) is 3.63. The smallest absolute Gasteiger partial charge is 0.336 e. The molecule has 0 aromatic carbocycles. The minimum atomic E-state index is -1.74. The molecule has 0 saturated heterocycles. The van der Waals surface area contributed by atoms with Crippen LogP contribution in [0.15, 0.2) is 16.5 Å². The van der Waals surface area contributed by atoms with Crippen LogP contribution in [0.5, 0.6) is 0 Å². The van der Waals surface area contributed by atoms with Gasteiger partial charge in [0.2, 0.25) is 0 Å². The normalized spacial score (nSPS) is 15.1. The van der Waals surface area contributed by atoms with Gasteiger partial charge in [-0.15, -0.1) is 0 Å². The van der Waals surface area contributed by atoms with Crippen molar-refractivity contribution in [3.63, 3.8) is 0 Å². The van der Waals surface area contributed by atoms with Crippen molar-refractivity contribution in [2.45, 2.75) is 26.0 Å². The van der Waals surface area contributed by atoms with Gasteiger partial charge in [0.1, 0.15) is 11.5 Å². The molecule has 0 amide bonds. The van der Waals surface area contributed by atoms with Gasteiger partial charge in [0.15, 0.2) is 5.60 Å². The molecule has 0 aliphatic heterocycles. The lowest BCUT2D eigenvalue weighted by molar-refractivity contribution is -0.158. The molecule has 2 N–H and O–H groups in total. The maximum Gasteiger partial charge on any atom is 0.336 e. The first kappa shape index (κ1) is 12.7. The zero-order valence-corrected chi connectivity index (χ0v) is 9.73. The Morgan fingerprint density at radius 3 is 2.62 bits per heavy atom. The maximum absolute atomic E-state index is 10.7. The van der Waals surface area contributed by atoms with E-state index in [1.807, 2.05) is 19.1 Å². The summed E-state index contributed by atoms with van der Waals surface area (Å²) in [5.74, 6) is 0.338. The maximum atomic E-state index is 10.7. The van der Waals surface area contributed by atoms with Crippen molar-refractivity contribution < 1.29 is 19.4 Å². The van der Waals surface area contributed by atoms with Crippen molar-refractivity contribution in [3.8, 4) is 0 Å². The van der Waals surface area contributed by atoms with Gasteiger partial charge >= 0.3 is 5.97 Å². The molecule has 1 aromatic rings. The number of aliphatic carboxylic acids is 1. The van der Waals surface area contributed by atoms with Gasteiger partial charge in [0.25, 0.3) is 0 Å². The highest BCUT2D eigenvalue weighted by Crippen LogP contribution is 2.11. The van der Waals surface area contributed by atoms with E-state index in [-0.39, 0.29) is 6.54 Å². The summed E-state index contributed by atoms with van der Waals surface area (Å²) in [6, 6.07) is 3.68. The Balaban J connectivity index is 2.54. The number of carboxylic acids is 1. The standard InChI is InChI=1S/C11H17NO4/c1-8-4-5-9(16-8)6-12(3)7-11(2,15)10(13)14/h4-5,15H,6-7H2,1-3H3,(H,13,14). The van der Waals surface area contributed by atoms with Crippen LogP contribution in [-0.4, -0.2) is 40.3 Å². The van der Waals surface area contributed by atoms with Crippen LogP contribution in [-0.2, 0) is 11.3 Å². The zero-order chi connectivity index (χ0) is 12.3.